The first-order chi connectivity index (χ1) is 12.8. The summed E-state index contributed by atoms with van der Waals surface area (Å²) in [4.78, 5) is 15.6. The van der Waals surface area contributed by atoms with Crippen LogP contribution in [0.1, 0.15) is 23.5 Å². The fourth-order valence-corrected chi connectivity index (χ4v) is 3.80. The molecule has 0 bridgehead atoms. The smallest absolute Gasteiger partial charge is 0.164 e. The van der Waals surface area contributed by atoms with Crippen molar-refractivity contribution < 1.29 is 0 Å². The van der Waals surface area contributed by atoms with Crippen LogP contribution in [-0.2, 0) is 12.8 Å². The van der Waals surface area contributed by atoms with Gasteiger partial charge in [0.15, 0.2) is 11.5 Å². The zero-order valence-corrected chi connectivity index (χ0v) is 14.8. The Morgan fingerprint density at radius 3 is 3.04 bits per heavy atom. The normalized spacial score (nSPS) is 16.6. The van der Waals surface area contributed by atoms with Crippen LogP contribution in [0.5, 0.6) is 0 Å². The van der Waals surface area contributed by atoms with Crippen molar-refractivity contribution in [2.24, 2.45) is 5.92 Å². The van der Waals surface area contributed by atoms with E-state index in [0.717, 1.165) is 61.0 Å². The van der Waals surface area contributed by atoms with Crippen molar-refractivity contribution in [1.29, 1.82) is 0 Å². The third-order valence-corrected chi connectivity index (χ3v) is 5.23. The number of aryl methyl sites for hydroxylation is 3. The summed E-state index contributed by atoms with van der Waals surface area (Å²) < 4.78 is 0. The molecule has 1 saturated heterocycles. The van der Waals surface area contributed by atoms with Crippen LogP contribution >= 0.6 is 0 Å². The van der Waals surface area contributed by atoms with Crippen molar-refractivity contribution in [2.75, 3.05) is 29.9 Å². The molecule has 7 heteroatoms. The highest BCUT2D eigenvalue weighted by Crippen LogP contribution is 2.27. The molecule has 0 unspecified atom stereocenters. The number of nitrogens with one attached hydrogen (secondary N) is 1. The highest BCUT2D eigenvalue weighted by atomic mass is 15.3. The van der Waals surface area contributed by atoms with Gasteiger partial charge in [-0.1, -0.05) is 0 Å². The maximum absolute atomic E-state index is 4.55. The number of fused-ring (bicyclic) bond motifs is 2. The van der Waals surface area contributed by atoms with Crippen LogP contribution in [-0.4, -0.2) is 44.8 Å². The van der Waals surface area contributed by atoms with Crippen molar-refractivity contribution in [3.63, 3.8) is 0 Å². The minimum atomic E-state index is 0.576. The zero-order valence-electron chi connectivity index (χ0n) is 14.8. The average molecular weight is 347 g/mol. The van der Waals surface area contributed by atoms with Gasteiger partial charge in [0.1, 0.15) is 11.6 Å². The number of rotatable bonds is 4. The summed E-state index contributed by atoms with van der Waals surface area (Å²) in [5.41, 5.74) is 3.31. The van der Waals surface area contributed by atoms with Gasteiger partial charge in [0.05, 0.1) is 11.1 Å². The Hall–Kier alpha value is -2.83. The lowest BCUT2D eigenvalue weighted by Crippen LogP contribution is -2.50. The number of hydrogen-bond acceptors (Lipinski definition) is 7. The first-order valence-corrected chi connectivity index (χ1v) is 9.20. The standard InChI is InChI=1S/C19H21N7/c1-12-22-18-15(5-3-7-20-18)19(23-12)21-9-13-10-26(11-13)17-8-14-4-2-6-16(14)24-25-17/h3,5,7-8,13H,2,4,6,9-11H2,1H3,(H,20,21,22,23). The number of hydrogen-bond donors (Lipinski definition) is 1. The van der Waals surface area contributed by atoms with E-state index in [4.69, 9.17) is 0 Å². The van der Waals surface area contributed by atoms with E-state index in [0.29, 0.717) is 5.92 Å². The van der Waals surface area contributed by atoms with Crippen LogP contribution in [0.3, 0.4) is 0 Å². The Balaban J connectivity index is 1.23. The van der Waals surface area contributed by atoms with Gasteiger partial charge >= 0.3 is 0 Å². The molecule has 1 aliphatic heterocycles. The van der Waals surface area contributed by atoms with E-state index in [1.165, 1.54) is 17.7 Å². The first-order valence-electron chi connectivity index (χ1n) is 9.20. The molecule has 0 spiro atoms. The van der Waals surface area contributed by atoms with Crippen LogP contribution < -0.4 is 10.2 Å². The summed E-state index contributed by atoms with van der Waals surface area (Å²) in [7, 11) is 0. The maximum atomic E-state index is 4.55. The minimum Gasteiger partial charge on any atom is -0.369 e. The second-order valence-corrected chi connectivity index (χ2v) is 7.17. The molecule has 132 valence electrons. The van der Waals surface area contributed by atoms with Gasteiger partial charge in [-0.3, -0.25) is 0 Å². The van der Waals surface area contributed by atoms with Gasteiger partial charge in [-0.25, -0.2) is 15.0 Å². The molecule has 0 amide bonds. The van der Waals surface area contributed by atoms with E-state index in [9.17, 15) is 0 Å². The Morgan fingerprint density at radius 1 is 1.19 bits per heavy atom. The van der Waals surface area contributed by atoms with Crippen LogP contribution in [0, 0.1) is 12.8 Å². The Labute approximate surface area is 151 Å². The van der Waals surface area contributed by atoms with Crippen molar-refractivity contribution in [1.82, 2.24) is 25.1 Å². The van der Waals surface area contributed by atoms with Gasteiger partial charge in [0.2, 0.25) is 0 Å². The molecule has 0 atom stereocenters. The predicted octanol–water partition coefficient (Wildman–Crippen LogP) is 2.16. The molecule has 0 saturated carbocycles. The fraction of sp³-hybridized carbons (Fsp3) is 0.421. The highest BCUT2D eigenvalue weighted by molar-refractivity contribution is 5.86. The molecule has 1 fully saturated rings. The third-order valence-electron chi connectivity index (χ3n) is 5.23. The summed E-state index contributed by atoms with van der Waals surface area (Å²) in [6.07, 6.45) is 5.20. The lowest BCUT2D eigenvalue weighted by atomic mass is 10.00. The monoisotopic (exact) mass is 347 g/mol. The van der Waals surface area contributed by atoms with Crippen molar-refractivity contribution in [3.05, 3.63) is 41.5 Å². The topological polar surface area (TPSA) is 79.7 Å². The highest BCUT2D eigenvalue weighted by Gasteiger charge is 2.29. The predicted molar refractivity (Wildman–Crippen MR) is 100 cm³/mol. The van der Waals surface area contributed by atoms with Gasteiger partial charge < -0.3 is 10.2 Å². The van der Waals surface area contributed by atoms with Crippen LogP contribution in [0.4, 0.5) is 11.6 Å². The number of nitrogens with zero attached hydrogens (tertiary/aromatic N) is 6. The zero-order chi connectivity index (χ0) is 17.5. The second-order valence-electron chi connectivity index (χ2n) is 7.17. The van der Waals surface area contributed by atoms with Crippen LogP contribution in [0.15, 0.2) is 24.4 Å². The fourth-order valence-electron chi connectivity index (χ4n) is 3.80. The summed E-state index contributed by atoms with van der Waals surface area (Å²) in [6, 6.07) is 6.16. The van der Waals surface area contributed by atoms with E-state index in [1.807, 2.05) is 19.1 Å². The van der Waals surface area contributed by atoms with Gasteiger partial charge in [0, 0.05) is 31.7 Å². The molecular weight excluding hydrogens is 326 g/mol. The molecule has 7 nitrogen and oxygen atoms in total. The van der Waals surface area contributed by atoms with E-state index >= 15 is 0 Å². The lowest BCUT2D eigenvalue weighted by molar-refractivity contribution is 0.425. The summed E-state index contributed by atoms with van der Waals surface area (Å²) in [6.45, 7) is 4.79. The van der Waals surface area contributed by atoms with Gasteiger partial charge in [-0.05, 0) is 49.9 Å². The number of anilines is 2. The summed E-state index contributed by atoms with van der Waals surface area (Å²) in [5.74, 6) is 3.21. The quantitative estimate of drug-likeness (QED) is 0.774. The van der Waals surface area contributed by atoms with E-state index in [2.05, 4.69) is 41.4 Å². The molecule has 5 rings (SSSR count). The van der Waals surface area contributed by atoms with E-state index in [1.54, 1.807) is 6.20 Å². The third kappa shape index (κ3) is 2.73. The first kappa shape index (κ1) is 15.4. The van der Waals surface area contributed by atoms with Crippen molar-refractivity contribution >= 4 is 22.7 Å². The molecule has 3 aromatic heterocycles. The Morgan fingerprint density at radius 2 is 2.12 bits per heavy atom. The molecule has 26 heavy (non-hydrogen) atoms. The molecule has 1 N–H and O–H groups in total. The van der Waals surface area contributed by atoms with Gasteiger partial charge in [0.25, 0.3) is 0 Å². The molecule has 0 radical (unpaired) electrons. The van der Waals surface area contributed by atoms with Crippen molar-refractivity contribution in [3.8, 4) is 0 Å². The number of pyridine rings is 1. The average Bonchev–Trinajstić information content (AvgIpc) is 3.08. The molecule has 1 aliphatic carbocycles. The Bertz CT molecular complexity index is 965. The number of aromatic nitrogens is 5. The van der Waals surface area contributed by atoms with Gasteiger partial charge in [-0.15, -0.1) is 5.10 Å². The Kier molecular flexibility index (Phi) is 3.65. The summed E-state index contributed by atoms with van der Waals surface area (Å²) >= 11 is 0. The molecule has 4 heterocycles. The lowest BCUT2D eigenvalue weighted by Gasteiger charge is -2.40. The van der Waals surface area contributed by atoms with Crippen molar-refractivity contribution in [2.45, 2.75) is 26.2 Å². The second kappa shape index (κ2) is 6.16. The van der Waals surface area contributed by atoms with Gasteiger partial charge in [-0.2, -0.15) is 5.10 Å². The minimum absolute atomic E-state index is 0.576. The molecule has 3 aromatic rings. The SMILES string of the molecule is Cc1nc(NCC2CN(c3cc4c(nn3)CCC4)C2)c2cccnc2n1. The largest absolute Gasteiger partial charge is 0.369 e. The van der Waals surface area contributed by atoms with Crippen LogP contribution in [0.2, 0.25) is 0 Å². The van der Waals surface area contributed by atoms with Crippen LogP contribution in [0.25, 0.3) is 11.0 Å². The maximum Gasteiger partial charge on any atom is 0.164 e. The summed E-state index contributed by atoms with van der Waals surface area (Å²) in [5, 5.41) is 13.3. The van der Waals surface area contributed by atoms with E-state index in [-0.39, 0.29) is 0 Å². The molecular formula is C19H21N7. The molecule has 2 aliphatic rings. The van der Waals surface area contributed by atoms with E-state index < -0.39 is 0 Å². The molecule has 0 aromatic carbocycles.